The number of halogens is 2. The number of hydrogen-bond acceptors (Lipinski definition) is 4. The van der Waals surface area contributed by atoms with Gasteiger partial charge in [-0.25, -0.2) is 9.18 Å². The number of ether oxygens (including phenoxy) is 1. The van der Waals surface area contributed by atoms with Gasteiger partial charge in [0.1, 0.15) is 17.4 Å². The number of nitrogens with one attached hydrogen (secondary N) is 1. The number of hydrogen-bond donors (Lipinski definition) is 1. The minimum absolute atomic E-state index is 0.106. The van der Waals surface area contributed by atoms with Crippen molar-refractivity contribution in [1.82, 2.24) is 0 Å². The van der Waals surface area contributed by atoms with Gasteiger partial charge in [-0.15, -0.1) is 0 Å². The van der Waals surface area contributed by atoms with Crippen LogP contribution >= 0.6 is 11.6 Å². The second-order valence-electron chi connectivity index (χ2n) is 4.38. The van der Waals surface area contributed by atoms with Crippen LogP contribution in [0.4, 0.5) is 10.1 Å². The van der Waals surface area contributed by atoms with Gasteiger partial charge in [-0.3, -0.25) is 4.79 Å². The summed E-state index contributed by atoms with van der Waals surface area (Å²) in [6.07, 6.45) is 0. The van der Waals surface area contributed by atoms with Crippen LogP contribution in [0.1, 0.15) is 15.9 Å². The molecule has 116 valence electrons. The summed E-state index contributed by atoms with van der Waals surface area (Å²) in [5, 5.41) is 11.2. The molecule has 0 spiro atoms. The Morgan fingerprint density at radius 2 is 1.96 bits per heavy atom. The molecular weight excluding hydrogens is 323 g/mol. The van der Waals surface area contributed by atoms with Crippen LogP contribution in [0, 0.1) is 17.1 Å². The zero-order valence-corrected chi connectivity index (χ0v) is 12.4. The Morgan fingerprint density at radius 1 is 1.22 bits per heavy atom. The Labute approximate surface area is 136 Å². The lowest BCUT2D eigenvalue weighted by atomic mass is 10.2. The maximum Gasteiger partial charge on any atom is 0.343 e. The third kappa shape index (κ3) is 4.05. The second kappa shape index (κ2) is 7.38. The molecule has 0 bridgehead atoms. The standard InChI is InChI=1S/C16H10ClFN2O3/c17-11-5-3-6-12(18)15(11)16(22)23-9-14(21)20-13-7-2-1-4-10(13)8-19/h1-7H,9H2,(H,20,21). The molecule has 1 N–H and O–H groups in total. The van der Waals surface area contributed by atoms with E-state index in [9.17, 15) is 14.0 Å². The lowest BCUT2D eigenvalue weighted by molar-refractivity contribution is -0.119. The number of esters is 1. The van der Waals surface area contributed by atoms with Crippen molar-refractivity contribution in [1.29, 1.82) is 5.26 Å². The van der Waals surface area contributed by atoms with Crippen LogP contribution in [0.25, 0.3) is 0 Å². The summed E-state index contributed by atoms with van der Waals surface area (Å²) in [4.78, 5) is 23.5. The Morgan fingerprint density at radius 3 is 2.65 bits per heavy atom. The van der Waals surface area contributed by atoms with E-state index in [1.807, 2.05) is 6.07 Å². The van der Waals surface area contributed by atoms with E-state index < -0.39 is 29.9 Å². The molecule has 2 aromatic rings. The quantitative estimate of drug-likeness (QED) is 0.872. The van der Waals surface area contributed by atoms with Crippen molar-refractivity contribution in [3.8, 4) is 6.07 Å². The van der Waals surface area contributed by atoms with Gasteiger partial charge >= 0.3 is 5.97 Å². The summed E-state index contributed by atoms with van der Waals surface area (Å²) >= 11 is 5.73. The average molecular weight is 333 g/mol. The second-order valence-corrected chi connectivity index (χ2v) is 4.79. The van der Waals surface area contributed by atoms with Crippen molar-refractivity contribution in [2.45, 2.75) is 0 Å². The molecule has 0 fully saturated rings. The average Bonchev–Trinajstić information content (AvgIpc) is 2.53. The van der Waals surface area contributed by atoms with Crippen LogP contribution < -0.4 is 5.32 Å². The first-order valence-electron chi connectivity index (χ1n) is 6.43. The van der Waals surface area contributed by atoms with Gasteiger partial charge in [0.25, 0.3) is 5.91 Å². The molecule has 0 saturated carbocycles. The zero-order chi connectivity index (χ0) is 16.8. The molecule has 0 aromatic heterocycles. The van der Waals surface area contributed by atoms with Gasteiger partial charge in [-0.05, 0) is 24.3 Å². The zero-order valence-electron chi connectivity index (χ0n) is 11.7. The highest BCUT2D eigenvalue weighted by atomic mass is 35.5. The van der Waals surface area contributed by atoms with E-state index in [1.165, 1.54) is 24.3 Å². The van der Waals surface area contributed by atoms with Crippen molar-refractivity contribution >= 4 is 29.2 Å². The molecule has 2 aromatic carbocycles. The number of rotatable bonds is 4. The summed E-state index contributed by atoms with van der Waals surface area (Å²) in [6, 6.07) is 12.0. The predicted octanol–water partition coefficient (Wildman–Crippen LogP) is 3.15. The van der Waals surface area contributed by atoms with Crippen LogP contribution in [0.3, 0.4) is 0 Å². The highest BCUT2D eigenvalue weighted by Gasteiger charge is 2.18. The third-order valence-corrected chi connectivity index (χ3v) is 3.14. The highest BCUT2D eigenvalue weighted by molar-refractivity contribution is 6.33. The van der Waals surface area contributed by atoms with E-state index >= 15 is 0 Å². The number of nitrogens with zero attached hydrogens (tertiary/aromatic N) is 1. The molecule has 0 atom stereocenters. The van der Waals surface area contributed by atoms with Gasteiger partial charge in [-0.2, -0.15) is 5.26 Å². The maximum atomic E-state index is 13.5. The molecular formula is C16H10ClFN2O3. The molecule has 0 aliphatic rings. The lowest BCUT2D eigenvalue weighted by Crippen LogP contribution is -2.22. The molecule has 0 aliphatic heterocycles. The molecule has 7 heteroatoms. The summed E-state index contributed by atoms with van der Waals surface area (Å²) in [6.45, 7) is -0.636. The molecule has 0 heterocycles. The Bertz CT molecular complexity index is 782. The van der Waals surface area contributed by atoms with Crippen molar-refractivity contribution in [2.75, 3.05) is 11.9 Å². The first-order valence-corrected chi connectivity index (χ1v) is 6.81. The number of benzene rings is 2. The number of carbonyl (C=O) groups excluding carboxylic acids is 2. The number of nitriles is 1. The van der Waals surface area contributed by atoms with Crippen molar-refractivity contribution in [3.05, 3.63) is 64.4 Å². The van der Waals surface area contributed by atoms with E-state index in [0.29, 0.717) is 5.69 Å². The molecule has 0 saturated heterocycles. The SMILES string of the molecule is N#Cc1ccccc1NC(=O)COC(=O)c1c(F)cccc1Cl. The monoisotopic (exact) mass is 332 g/mol. The minimum Gasteiger partial charge on any atom is -0.452 e. The van der Waals surface area contributed by atoms with Gasteiger partial charge in [0.2, 0.25) is 0 Å². The Balaban J connectivity index is 2.00. The molecule has 23 heavy (non-hydrogen) atoms. The first kappa shape index (κ1) is 16.5. The summed E-state index contributed by atoms with van der Waals surface area (Å²) < 4.78 is 18.3. The van der Waals surface area contributed by atoms with Gasteiger partial charge in [0.15, 0.2) is 6.61 Å². The molecule has 0 radical (unpaired) electrons. The number of para-hydroxylation sites is 1. The van der Waals surface area contributed by atoms with Crippen molar-refractivity contribution in [2.24, 2.45) is 0 Å². The summed E-state index contributed by atoms with van der Waals surface area (Å²) in [7, 11) is 0. The van der Waals surface area contributed by atoms with Crippen LogP contribution in [-0.2, 0) is 9.53 Å². The summed E-state index contributed by atoms with van der Waals surface area (Å²) in [5.74, 6) is -2.54. The van der Waals surface area contributed by atoms with Crippen LogP contribution in [0.5, 0.6) is 0 Å². The van der Waals surface area contributed by atoms with E-state index in [4.69, 9.17) is 21.6 Å². The van der Waals surface area contributed by atoms with Gasteiger partial charge in [-0.1, -0.05) is 29.8 Å². The number of carbonyl (C=O) groups is 2. The fourth-order valence-corrected chi connectivity index (χ4v) is 2.01. The van der Waals surface area contributed by atoms with E-state index in [1.54, 1.807) is 12.1 Å². The normalized spacial score (nSPS) is 9.78. The van der Waals surface area contributed by atoms with Gasteiger partial charge in [0.05, 0.1) is 16.3 Å². The summed E-state index contributed by atoms with van der Waals surface area (Å²) in [5.41, 5.74) is 0.128. The van der Waals surface area contributed by atoms with Crippen LogP contribution in [0.2, 0.25) is 5.02 Å². The molecule has 5 nitrogen and oxygen atoms in total. The first-order chi connectivity index (χ1) is 11.0. The fraction of sp³-hybridized carbons (Fsp3) is 0.0625. The highest BCUT2D eigenvalue weighted by Crippen LogP contribution is 2.20. The molecule has 0 unspecified atom stereocenters. The van der Waals surface area contributed by atoms with E-state index in [-0.39, 0.29) is 10.6 Å². The van der Waals surface area contributed by atoms with Gasteiger partial charge in [0, 0.05) is 0 Å². The molecule has 2 rings (SSSR count). The fourth-order valence-electron chi connectivity index (χ4n) is 1.77. The van der Waals surface area contributed by atoms with E-state index in [2.05, 4.69) is 5.32 Å². The van der Waals surface area contributed by atoms with Crippen LogP contribution in [-0.4, -0.2) is 18.5 Å². The minimum atomic E-state index is -1.04. The molecule has 1 amide bonds. The Kier molecular flexibility index (Phi) is 5.28. The number of anilines is 1. The predicted molar refractivity (Wildman–Crippen MR) is 81.5 cm³/mol. The van der Waals surface area contributed by atoms with Gasteiger partial charge < -0.3 is 10.1 Å². The Hall–Kier alpha value is -2.91. The largest absolute Gasteiger partial charge is 0.452 e. The van der Waals surface area contributed by atoms with E-state index in [0.717, 1.165) is 6.07 Å². The smallest absolute Gasteiger partial charge is 0.343 e. The number of amides is 1. The maximum absolute atomic E-state index is 13.5. The van der Waals surface area contributed by atoms with Crippen LogP contribution in [0.15, 0.2) is 42.5 Å². The van der Waals surface area contributed by atoms with Crippen molar-refractivity contribution in [3.63, 3.8) is 0 Å². The molecule has 0 aliphatic carbocycles. The topological polar surface area (TPSA) is 79.2 Å². The van der Waals surface area contributed by atoms with Crippen molar-refractivity contribution < 1.29 is 18.7 Å². The third-order valence-electron chi connectivity index (χ3n) is 2.82. The lowest BCUT2D eigenvalue weighted by Gasteiger charge is -2.08.